The molecule has 1 unspecified atom stereocenters. The van der Waals surface area contributed by atoms with E-state index in [2.05, 4.69) is 5.32 Å². The van der Waals surface area contributed by atoms with Crippen LogP contribution in [0.5, 0.6) is 0 Å². The lowest BCUT2D eigenvalue weighted by Crippen LogP contribution is -2.37. The van der Waals surface area contributed by atoms with E-state index < -0.39 is 12.1 Å². The van der Waals surface area contributed by atoms with Crippen LogP contribution in [0.4, 0.5) is 5.69 Å². The summed E-state index contributed by atoms with van der Waals surface area (Å²) in [6.45, 7) is 2.28. The van der Waals surface area contributed by atoms with Crippen LogP contribution >= 0.6 is 0 Å². The first kappa shape index (κ1) is 15.0. The van der Waals surface area contributed by atoms with E-state index in [-0.39, 0.29) is 5.91 Å². The van der Waals surface area contributed by atoms with Crippen molar-refractivity contribution in [2.24, 2.45) is 0 Å². The molecule has 1 aromatic carbocycles. The first-order chi connectivity index (χ1) is 9.04. The van der Waals surface area contributed by atoms with Gasteiger partial charge in [0.25, 0.3) is 5.91 Å². The van der Waals surface area contributed by atoms with E-state index >= 15 is 0 Å². The molecule has 0 spiro atoms. The van der Waals surface area contributed by atoms with Gasteiger partial charge in [0.2, 0.25) is 0 Å². The smallest absolute Gasteiger partial charge is 0.338 e. The highest BCUT2D eigenvalue weighted by molar-refractivity contribution is 5.92. The normalized spacial score (nSPS) is 11.7. The Morgan fingerprint density at radius 1 is 1.42 bits per heavy atom. The molecule has 0 aromatic heterocycles. The zero-order chi connectivity index (χ0) is 14.3. The fourth-order valence-corrected chi connectivity index (χ4v) is 1.37. The van der Waals surface area contributed by atoms with Gasteiger partial charge in [-0.15, -0.1) is 0 Å². The number of nitrogen functional groups attached to an aromatic ring is 1. The molecular weight excluding hydrogens is 248 g/mol. The van der Waals surface area contributed by atoms with E-state index in [0.29, 0.717) is 24.4 Å². The molecule has 6 nitrogen and oxygen atoms in total. The van der Waals surface area contributed by atoms with Crippen LogP contribution in [-0.4, -0.2) is 38.2 Å². The number of anilines is 1. The number of rotatable bonds is 6. The van der Waals surface area contributed by atoms with Crippen molar-refractivity contribution in [3.8, 4) is 0 Å². The number of benzene rings is 1. The second kappa shape index (κ2) is 7.38. The van der Waals surface area contributed by atoms with E-state index in [9.17, 15) is 9.59 Å². The van der Waals surface area contributed by atoms with Gasteiger partial charge in [0.05, 0.1) is 12.2 Å². The van der Waals surface area contributed by atoms with E-state index in [1.807, 2.05) is 0 Å². The first-order valence-electron chi connectivity index (χ1n) is 5.87. The summed E-state index contributed by atoms with van der Waals surface area (Å²) in [5.74, 6) is -0.948. The lowest BCUT2D eigenvalue weighted by atomic mass is 10.2. The van der Waals surface area contributed by atoms with Gasteiger partial charge in [-0.25, -0.2) is 4.79 Å². The fraction of sp³-hybridized carbons (Fsp3) is 0.385. The van der Waals surface area contributed by atoms with Crippen molar-refractivity contribution in [1.29, 1.82) is 0 Å². The molecular formula is C13H18N2O4. The summed E-state index contributed by atoms with van der Waals surface area (Å²) in [7, 11) is 1.54. The van der Waals surface area contributed by atoms with E-state index in [0.717, 1.165) is 0 Å². The molecule has 0 aliphatic rings. The Hall–Kier alpha value is -2.08. The Balaban J connectivity index is 2.49. The molecule has 104 valence electrons. The Bertz CT molecular complexity index is 448. The van der Waals surface area contributed by atoms with Gasteiger partial charge < -0.3 is 20.5 Å². The van der Waals surface area contributed by atoms with Crippen molar-refractivity contribution < 1.29 is 19.1 Å². The number of esters is 1. The molecule has 0 aliphatic carbocycles. The summed E-state index contributed by atoms with van der Waals surface area (Å²) in [6.07, 6.45) is -0.870. The number of carbonyl (C=O) groups excluding carboxylic acids is 2. The van der Waals surface area contributed by atoms with Gasteiger partial charge in [0.15, 0.2) is 6.10 Å². The van der Waals surface area contributed by atoms with Crippen molar-refractivity contribution in [3.63, 3.8) is 0 Å². The number of amides is 1. The van der Waals surface area contributed by atoms with Crippen LogP contribution in [0.25, 0.3) is 0 Å². The summed E-state index contributed by atoms with van der Waals surface area (Å²) >= 11 is 0. The molecule has 1 amide bonds. The third-order valence-electron chi connectivity index (χ3n) is 2.38. The van der Waals surface area contributed by atoms with Crippen molar-refractivity contribution in [3.05, 3.63) is 29.8 Å². The topological polar surface area (TPSA) is 90.6 Å². The van der Waals surface area contributed by atoms with Crippen LogP contribution in [0, 0.1) is 0 Å². The molecule has 0 saturated carbocycles. The summed E-state index contributed by atoms with van der Waals surface area (Å²) in [5.41, 5.74) is 6.35. The monoisotopic (exact) mass is 266 g/mol. The average Bonchev–Trinajstić information content (AvgIpc) is 2.38. The minimum atomic E-state index is -0.870. The molecule has 0 aliphatic heterocycles. The molecule has 1 rings (SSSR count). The lowest BCUT2D eigenvalue weighted by Gasteiger charge is -2.13. The molecule has 0 heterocycles. The maximum atomic E-state index is 11.8. The van der Waals surface area contributed by atoms with Crippen LogP contribution in [0.15, 0.2) is 24.3 Å². The number of ether oxygens (including phenoxy) is 2. The summed E-state index contributed by atoms with van der Waals surface area (Å²) in [6, 6.07) is 6.39. The van der Waals surface area contributed by atoms with Crippen molar-refractivity contribution in [2.45, 2.75) is 13.0 Å². The minimum absolute atomic E-state index is 0.316. The van der Waals surface area contributed by atoms with Crippen molar-refractivity contribution >= 4 is 17.6 Å². The van der Waals surface area contributed by atoms with Gasteiger partial charge in [-0.2, -0.15) is 0 Å². The summed E-state index contributed by atoms with van der Waals surface area (Å²) in [5, 5.41) is 2.59. The minimum Gasteiger partial charge on any atom is -0.449 e. The molecule has 1 atom stereocenters. The molecule has 0 radical (unpaired) electrons. The number of hydrogen-bond donors (Lipinski definition) is 2. The first-order valence-corrected chi connectivity index (χ1v) is 5.87. The molecule has 0 saturated heterocycles. The zero-order valence-corrected chi connectivity index (χ0v) is 11.0. The molecule has 3 N–H and O–H groups in total. The number of nitrogens with one attached hydrogen (secondary N) is 1. The Morgan fingerprint density at radius 2 is 2.16 bits per heavy atom. The lowest BCUT2D eigenvalue weighted by molar-refractivity contribution is -0.129. The van der Waals surface area contributed by atoms with Gasteiger partial charge in [-0.1, -0.05) is 6.07 Å². The highest BCUT2D eigenvalue weighted by Gasteiger charge is 2.18. The standard InChI is InChI=1S/C13H18N2O4/c1-9(12(16)15-6-7-18-2)19-13(17)10-4-3-5-11(14)8-10/h3-5,8-9H,6-7,14H2,1-2H3,(H,15,16). The summed E-state index contributed by atoms with van der Waals surface area (Å²) in [4.78, 5) is 23.3. The highest BCUT2D eigenvalue weighted by atomic mass is 16.5. The molecule has 0 bridgehead atoms. The van der Waals surface area contributed by atoms with Gasteiger partial charge in [0, 0.05) is 19.3 Å². The maximum absolute atomic E-state index is 11.8. The van der Waals surface area contributed by atoms with Gasteiger partial charge in [-0.3, -0.25) is 4.79 Å². The summed E-state index contributed by atoms with van der Waals surface area (Å²) < 4.78 is 9.84. The van der Waals surface area contributed by atoms with E-state index in [4.69, 9.17) is 15.2 Å². The zero-order valence-electron chi connectivity index (χ0n) is 11.0. The third-order valence-corrected chi connectivity index (χ3v) is 2.38. The molecule has 0 fully saturated rings. The predicted octanol–water partition coefficient (Wildman–Crippen LogP) is 0.577. The SMILES string of the molecule is COCCNC(=O)C(C)OC(=O)c1cccc(N)c1. The largest absolute Gasteiger partial charge is 0.449 e. The van der Waals surface area contributed by atoms with Crippen molar-refractivity contribution in [1.82, 2.24) is 5.32 Å². The van der Waals surface area contributed by atoms with Crippen LogP contribution < -0.4 is 11.1 Å². The third kappa shape index (κ3) is 4.97. The fourth-order valence-electron chi connectivity index (χ4n) is 1.37. The van der Waals surface area contributed by atoms with E-state index in [1.54, 1.807) is 18.2 Å². The average molecular weight is 266 g/mol. The van der Waals surface area contributed by atoms with Crippen LogP contribution in [-0.2, 0) is 14.3 Å². The van der Waals surface area contributed by atoms with Crippen LogP contribution in [0.3, 0.4) is 0 Å². The van der Waals surface area contributed by atoms with E-state index in [1.165, 1.54) is 20.1 Å². The number of hydrogen-bond acceptors (Lipinski definition) is 5. The Kier molecular flexibility index (Phi) is 5.81. The number of nitrogens with two attached hydrogens (primary N) is 1. The quantitative estimate of drug-likeness (QED) is 0.446. The maximum Gasteiger partial charge on any atom is 0.338 e. The van der Waals surface area contributed by atoms with Crippen molar-refractivity contribution in [2.75, 3.05) is 26.0 Å². The van der Waals surface area contributed by atoms with Crippen LogP contribution in [0.2, 0.25) is 0 Å². The number of methoxy groups -OCH3 is 1. The van der Waals surface area contributed by atoms with Gasteiger partial charge in [0.1, 0.15) is 0 Å². The van der Waals surface area contributed by atoms with Gasteiger partial charge in [-0.05, 0) is 25.1 Å². The molecule has 1 aromatic rings. The molecule has 19 heavy (non-hydrogen) atoms. The number of carbonyl (C=O) groups is 2. The predicted molar refractivity (Wildman–Crippen MR) is 70.6 cm³/mol. The Labute approximate surface area is 111 Å². The second-order valence-electron chi connectivity index (χ2n) is 3.96. The molecule has 6 heteroatoms. The Morgan fingerprint density at radius 3 is 2.79 bits per heavy atom. The van der Waals surface area contributed by atoms with Crippen LogP contribution in [0.1, 0.15) is 17.3 Å². The van der Waals surface area contributed by atoms with Gasteiger partial charge >= 0.3 is 5.97 Å². The highest BCUT2D eigenvalue weighted by Crippen LogP contribution is 2.09. The second-order valence-corrected chi connectivity index (χ2v) is 3.96.